The lowest BCUT2D eigenvalue weighted by molar-refractivity contribution is 0.0697. The van der Waals surface area contributed by atoms with E-state index in [2.05, 4.69) is 20.9 Å². The molecule has 19 heavy (non-hydrogen) atoms. The number of hydrogen-bond acceptors (Lipinski definition) is 2. The highest BCUT2D eigenvalue weighted by Crippen LogP contribution is 2.22. The van der Waals surface area contributed by atoms with Crippen LogP contribution in [0.25, 0.3) is 16.9 Å². The van der Waals surface area contributed by atoms with E-state index in [9.17, 15) is 4.79 Å². The molecule has 0 unspecified atom stereocenters. The average Bonchev–Trinajstić information content (AvgIpc) is 2.81. The zero-order valence-corrected chi connectivity index (χ0v) is 11.3. The first-order valence-electron chi connectivity index (χ1n) is 5.61. The maximum Gasteiger partial charge on any atom is 0.335 e. The van der Waals surface area contributed by atoms with Crippen LogP contribution in [0.4, 0.5) is 0 Å². The van der Waals surface area contributed by atoms with Crippen molar-refractivity contribution in [2.24, 2.45) is 0 Å². The van der Waals surface area contributed by atoms with Crippen LogP contribution in [0.2, 0.25) is 0 Å². The van der Waals surface area contributed by atoms with Crippen LogP contribution in [0, 0.1) is 0 Å². The Morgan fingerprint density at radius 3 is 2.58 bits per heavy atom. The summed E-state index contributed by atoms with van der Waals surface area (Å²) in [6.07, 6.45) is 3.72. The molecule has 2 aromatic heterocycles. The lowest BCUT2D eigenvalue weighted by atomic mass is 10.1. The third-order valence-electron chi connectivity index (χ3n) is 2.88. The number of carboxylic acids is 1. The summed E-state index contributed by atoms with van der Waals surface area (Å²) < 4.78 is 2.92. The summed E-state index contributed by atoms with van der Waals surface area (Å²) in [4.78, 5) is 15.2. The summed E-state index contributed by atoms with van der Waals surface area (Å²) in [5.41, 5.74) is 2.13. The van der Waals surface area contributed by atoms with E-state index in [4.69, 9.17) is 5.11 Å². The number of aromatic nitrogens is 2. The molecule has 0 fully saturated rings. The molecule has 2 heterocycles. The summed E-state index contributed by atoms with van der Waals surface area (Å²) in [5, 5.41) is 8.89. The number of fused-ring (bicyclic) bond motifs is 1. The van der Waals surface area contributed by atoms with Crippen LogP contribution in [0.1, 0.15) is 10.4 Å². The number of nitrogens with zero attached hydrogens (tertiary/aromatic N) is 2. The van der Waals surface area contributed by atoms with E-state index >= 15 is 0 Å². The molecule has 0 aliphatic heterocycles. The minimum Gasteiger partial charge on any atom is -0.478 e. The number of hydrogen-bond donors (Lipinski definition) is 1. The molecule has 0 saturated carbocycles. The summed E-state index contributed by atoms with van der Waals surface area (Å²) in [7, 11) is 0. The summed E-state index contributed by atoms with van der Waals surface area (Å²) in [6, 6.07) is 10.6. The number of carbonyl (C=O) groups is 1. The van der Waals surface area contributed by atoms with Gasteiger partial charge in [0.25, 0.3) is 0 Å². The van der Waals surface area contributed by atoms with Crippen molar-refractivity contribution in [3.8, 4) is 11.4 Å². The van der Waals surface area contributed by atoms with Crippen LogP contribution in [0.15, 0.2) is 53.3 Å². The largest absolute Gasteiger partial charge is 0.478 e. The highest BCUT2D eigenvalue weighted by molar-refractivity contribution is 9.10. The number of halogens is 1. The molecule has 0 radical (unpaired) electrons. The Labute approximate surface area is 117 Å². The second-order valence-corrected chi connectivity index (χ2v) is 5.02. The van der Waals surface area contributed by atoms with Crippen LogP contribution < -0.4 is 0 Å². The van der Waals surface area contributed by atoms with Gasteiger partial charge < -0.3 is 5.11 Å². The van der Waals surface area contributed by atoms with Crippen LogP contribution in [0.3, 0.4) is 0 Å². The molecule has 3 aromatic rings. The molecule has 0 amide bonds. The SMILES string of the molecule is O=C(O)c1ccc(-c2ncc3ccc(Br)cn23)cc1. The van der Waals surface area contributed by atoms with Crippen molar-refractivity contribution in [1.82, 2.24) is 9.38 Å². The first-order valence-corrected chi connectivity index (χ1v) is 6.41. The average molecular weight is 317 g/mol. The highest BCUT2D eigenvalue weighted by Gasteiger charge is 2.08. The predicted molar refractivity (Wildman–Crippen MR) is 75.3 cm³/mol. The molecule has 4 nitrogen and oxygen atoms in total. The van der Waals surface area contributed by atoms with Crippen LogP contribution in [0.5, 0.6) is 0 Å². The first-order chi connectivity index (χ1) is 9.15. The molecule has 0 aliphatic rings. The van der Waals surface area contributed by atoms with Crippen molar-refractivity contribution in [3.05, 3.63) is 58.8 Å². The van der Waals surface area contributed by atoms with E-state index in [-0.39, 0.29) is 5.56 Å². The topological polar surface area (TPSA) is 54.6 Å². The van der Waals surface area contributed by atoms with Gasteiger partial charge in [-0.1, -0.05) is 12.1 Å². The number of imidazole rings is 1. The summed E-state index contributed by atoms with van der Waals surface area (Å²) in [6.45, 7) is 0. The van der Waals surface area contributed by atoms with Gasteiger partial charge in [-0.3, -0.25) is 4.40 Å². The van der Waals surface area contributed by atoms with Gasteiger partial charge in [0, 0.05) is 16.2 Å². The van der Waals surface area contributed by atoms with Gasteiger partial charge in [-0.15, -0.1) is 0 Å². The molecule has 0 aliphatic carbocycles. The number of rotatable bonds is 2. The number of pyridine rings is 1. The van der Waals surface area contributed by atoms with Crippen molar-refractivity contribution < 1.29 is 9.90 Å². The molecule has 1 aromatic carbocycles. The van der Waals surface area contributed by atoms with Gasteiger partial charge >= 0.3 is 5.97 Å². The summed E-state index contributed by atoms with van der Waals surface area (Å²) in [5.74, 6) is -0.143. The van der Waals surface area contributed by atoms with E-state index in [0.717, 1.165) is 21.4 Å². The van der Waals surface area contributed by atoms with Crippen molar-refractivity contribution in [2.45, 2.75) is 0 Å². The van der Waals surface area contributed by atoms with E-state index in [0.29, 0.717) is 0 Å². The van der Waals surface area contributed by atoms with Crippen molar-refractivity contribution in [1.29, 1.82) is 0 Å². The van der Waals surface area contributed by atoms with Gasteiger partial charge in [0.1, 0.15) is 5.82 Å². The summed E-state index contributed by atoms with van der Waals surface area (Å²) >= 11 is 3.43. The lowest BCUT2D eigenvalue weighted by Gasteiger charge is -2.03. The Bertz CT molecular complexity index is 763. The van der Waals surface area contributed by atoms with E-state index in [1.165, 1.54) is 0 Å². The molecule has 0 atom stereocenters. The molecular formula is C14H9BrN2O2. The Kier molecular flexibility index (Phi) is 2.83. The zero-order valence-electron chi connectivity index (χ0n) is 9.75. The van der Waals surface area contributed by atoms with Gasteiger partial charge in [-0.2, -0.15) is 0 Å². The van der Waals surface area contributed by atoms with Gasteiger partial charge in [0.2, 0.25) is 0 Å². The fourth-order valence-corrected chi connectivity index (χ4v) is 2.28. The Morgan fingerprint density at radius 1 is 1.16 bits per heavy atom. The van der Waals surface area contributed by atoms with Gasteiger partial charge in [0.05, 0.1) is 17.3 Å². The van der Waals surface area contributed by atoms with Crippen molar-refractivity contribution >= 4 is 27.4 Å². The second kappa shape index (κ2) is 4.51. The fourth-order valence-electron chi connectivity index (χ4n) is 1.94. The number of carboxylic acid groups (broad SMARTS) is 1. The highest BCUT2D eigenvalue weighted by atomic mass is 79.9. The number of benzene rings is 1. The molecule has 0 bridgehead atoms. The van der Waals surface area contributed by atoms with Crippen molar-refractivity contribution in [3.63, 3.8) is 0 Å². The number of aromatic carboxylic acids is 1. The molecule has 94 valence electrons. The van der Waals surface area contributed by atoms with E-state index in [1.54, 1.807) is 30.5 Å². The van der Waals surface area contributed by atoms with Crippen molar-refractivity contribution in [2.75, 3.05) is 0 Å². The second-order valence-electron chi connectivity index (χ2n) is 4.11. The maximum absolute atomic E-state index is 10.8. The van der Waals surface area contributed by atoms with E-state index in [1.807, 2.05) is 22.7 Å². The molecule has 1 N–H and O–H groups in total. The molecule has 5 heteroatoms. The quantitative estimate of drug-likeness (QED) is 0.787. The molecule has 0 spiro atoms. The monoisotopic (exact) mass is 316 g/mol. The first kappa shape index (κ1) is 11.9. The fraction of sp³-hybridized carbons (Fsp3) is 0. The predicted octanol–water partition coefficient (Wildman–Crippen LogP) is 3.46. The Morgan fingerprint density at radius 2 is 1.89 bits per heavy atom. The van der Waals surface area contributed by atoms with Gasteiger partial charge in [-0.05, 0) is 40.2 Å². The smallest absolute Gasteiger partial charge is 0.335 e. The molecule has 3 rings (SSSR count). The third-order valence-corrected chi connectivity index (χ3v) is 3.35. The Balaban J connectivity index is 2.13. The normalized spacial score (nSPS) is 10.8. The third kappa shape index (κ3) is 2.13. The zero-order chi connectivity index (χ0) is 13.4. The molecule has 0 saturated heterocycles. The van der Waals surface area contributed by atoms with E-state index < -0.39 is 5.97 Å². The standard InChI is InChI=1S/C14H9BrN2O2/c15-11-5-6-12-7-16-13(17(12)8-11)9-1-3-10(4-2-9)14(18)19/h1-8H,(H,18,19). The Hall–Kier alpha value is -2.14. The van der Waals surface area contributed by atoms with Gasteiger partial charge in [0.15, 0.2) is 0 Å². The minimum absolute atomic E-state index is 0.269. The minimum atomic E-state index is -0.928. The van der Waals surface area contributed by atoms with Crippen LogP contribution in [-0.2, 0) is 0 Å². The van der Waals surface area contributed by atoms with Gasteiger partial charge in [-0.25, -0.2) is 9.78 Å². The van der Waals surface area contributed by atoms with Crippen LogP contribution in [-0.4, -0.2) is 20.5 Å². The lowest BCUT2D eigenvalue weighted by Crippen LogP contribution is -1.96. The molecular weight excluding hydrogens is 308 g/mol. The maximum atomic E-state index is 10.8. The van der Waals surface area contributed by atoms with Crippen LogP contribution >= 0.6 is 15.9 Å².